The molecule has 5 rings (SSSR count). The fourth-order valence-electron chi connectivity index (χ4n) is 4.64. The lowest BCUT2D eigenvalue weighted by Gasteiger charge is -2.27. The molecule has 0 aliphatic carbocycles. The van der Waals surface area contributed by atoms with Crippen LogP contribution in [0.25, 0.3) is 0 Å². The zero-order valence-corrected chi connectivity index (χ0v) is 23.4. The maximum absolute atomic E-state index is 13.4. The second-order valence-corrected chi connectivity index (χ2v) is 11.9. The first kappa shape index (κ1) is 27.2. The van der Waals surface area contributed by atoms with E-state index in [2.05, 4.69) is 9.39 Å². The van der Waals surface area contributed by atoms with E-state index in [-0.39, 0.29) is 22.7 Å². The second kappa shape index (κ2) is 11.8. The van der Waals surface area contributed by atoms with E-state index in [0.717, 1.165) is 49.2 Å². The molecule has 3 aromatic rings. The lowest BCUT2D eigenvalue weighted by atomic mass is 9.91. The van der Waals surface area contributed by atoms with Crippen molar-refractivity contribution in [1.29, 1.82) is 0 Å². The molecule has 1 unspecified atom stereocenters. The van der Waals surface area contributed by atoms with Crippen LogP contribution in [0.4, 0.5) is 0 Å². The zero-order chi connectivity index (χ0) is 27.4. The molecule has 0 radical (unpaired) electrons. The number of nitrogens with zero attached hydrogens (tertiary/aromatic N) is 5. The van der Waals surface area contributed by atoms with Crippen molar-refractivity contribution in [2.75, 3.05) is 19.6 Å². The molecule has 39 heavy (non-hydrogen) atoms. The molecular weight excluding hydrogens is 555 g/mol. The molecule has 2 N–H and O–H groups in total. The van der Waals surface area contributed by atoms with E-state index in [4.69, 9.17) is 34.0 Å². The number of hydrogen-bond donors (Lipinski definition) is 1. The zero-order valence-electron chi connectivity index (χ0n) is 21.1. The van der Waals surface area contributed by atoms with Gasteiger partial charge in [-0.1, -0.05) is 65.7 Å². The monoisotopic (exact) mass is 582 g/mol. The van der Waals surface area contributed by atoms with Crippen molar-refractivity contribution in [2.45, 2.75) is 30.1 Å². The van der Waals surface area contributed by atoms with Gasteiger partial charge < -0.3 is 10.6 Å². The number of guanidine groups is 2. The highest BCUT2D eigenvalue weighted by atomic mass is 35.5. The summed E-state index contributed by atoms with van der Waals surface area (Å²) in [5.41, 5.74) is 9.04. The molecule has 0 spiro atoms. The summed E-state index contributed by atoms with van der Waals surface area (Å²) >= 11 is 12.1. The predicted octanol–water partition coefficient (Wildman–Crippen LogP) is 5.34. The largest absolute Gasteiger partial charge is 0.369 e. The molecular formula is C28H28Cl2N6O2S. The van der Waals surface area contributed by atoms with Crippen molar-refractivity contribution in [2.24, 2.45) is 20.2 Å². The lowest BCUT2D eigenvalue weighted by molar-refractivity contribution is 0.338. The molecule has 2 aliphatic heterocycles. The van der Waals surface area contributed by atoms with Gasteiger partial charge in [0.05, 0.1) is 17.2 Å². The van der Waals surface area contributed by atoms with Crippen molar-refractivity contribution in [3.63, 3.8) is 0 Å². The Labute approximate surface area is 238 Å². The molecule has 1 atom stereocenters. The highest BCUT2D eigenvalue weighted by Gasteiger charge is 2.33. The molecule has 1 fully saturated rings. The molecule has 2 heterocycles. The summed E-state index contributed by atoms with van der Waals surface area (Å²) in [6.45, 7) is 1.82. The topological polar surface area (TPSA) is 104 Å². The number of sulfonamides is 1. The molecule has 0 saturated carbocycles. The van der Waals surface area contributed by atoms with E-state index < -0.39 is 10.0 Å². The fourth-order valence-corrected chi connectivity index (χ4v) is 5.83. The summed E-state index contributed by atoms with van der Waals surface area (Å²) < 4.78 is 30.9. The molecule has 3 aromatic carbocycles. The normalized spacial score (nSPS) is 18.8. The van der Waals surface area contributed by atoms with Gasteiger partial charge in [-0.25, -0.2) is 5.01 Å². The third-order valence-corrected chi connectivity index (χ3v) is 8.47. The Bertz CT molecular complexity index is 1500. The minimum absolute atomic E-state index is 0.00291. The van der Waals surface area contributed by atoms with Crippen molar-refractivity contribution in [3.8, 4) is 0 Å². The van der Waals surface area contributed by atoms with E-state index in [9.17, 15) is 8.42 Å². The first-order chi connectivity index (χ1) is 18.8. The Kier molecular flexibility index (Phi) is 8.20. The lowest BCUT2D eigenvalue weighted by Crippen LogP contribution is -2.42. The smallest absolute Gasteiger partial charge is 0.285 e. The van der Waals surface area contributed by atoms with Gasteiger partial charge in [-0.05, 0) is 66.8 Å². The summed E-state index contributed by atoms with van der Waals surface area (Å²) in [5, 5.41) is 7.40. The van der Waals surface area contributed by atoms with Crippen molar-refractivity contribution < 1.29 is 8.42 Å². The van der Waals surface area contributed by atoms with Gasteiger partial charge >= 0.3 is 0 Å². The van der Waals surface area contributed by atoms with Crippen molar-refractivity contribution >= 4 is 50.9 Å². The van der Waals surface area contributed by atoms with Crippen molar-refractivity contribution in [3.05, 3.63) is 100 Å². The van der Waals surface area contributed by atoms with E-state index in [1.807, 2.05) is 47.4 Å². The van der Waals surface area contributed by atoms with E-state index >= 15 is 0 Å². The molecule has 8 nitrogen and oxygen atoms in total. The number of nitrogens with two attached hydrogens (primary N) is 1. The van der Waals surface area contributed by atoms with Crippen LogP contribution in [-0.2, 0) is 10.0 Å². The number of halogens is 2. The minimum Gasteiger partial charge on any atom is -0.369 e. The minimum atomic E-state index is -4.14. The molecule has 11 heteroatoms. The summed E-state index contributed by atoms with van der Waals surface area (Å²) in [6, 6.07) is 23.1. The van der Waals surface area contributed by atoms with Crippen LogP contribution in [0.1, 0.15) is 36.3 Å². The Balaban J connectivity index is 1.60. The summed E-state index contributed by atoms with van der Waals surface area (Å²) in [6.07, 6.45) is 3.10. The first-order valence-corrected chi connectivity index (χ1v) is 14.9. The van der Waals surface area contributed by atoms with Gasteiger partial charge in [-0.2, -0.15) is 18.5 Å². The van der Waals surface area contributed by atoms with Crippen LogP contribution < -0.4 is 5.73 Å². The van der Waals surface area contributed by atoms with Crippen LogP contribution in [0.3, 0.4) is 0 Å². The van der Waals surface area contributed by atoms with Gasteiger partial charge in [0.1, 0.15) is 0 Å². The number of hydrogen-bond acceptors (Lipinski definition) is 3. The number of aliphatic imine (C=N–C) groups is 1. The van der Waals surface area contributed by atoms with Gasteiger partial charge in [0.2, 0.25) is 0 Å². The number of hydrazone groups is 1. The van der Waals surface area contributed by atoms with E-state index in [1.165, 1.54) is 29.3 Å². The van der Waals surface area contributed by atoms with Crippen LogP contribution in [0.2, 0.25) is 10.0 Å². The highest BCUT2D eigenvalue weighted by Crippen LogP contribution is 2.30. The van der Waals surface area contributed by atoms with Gasteiger partial charge in [0, 0.05) is 29.1 Å². The summed E-state index contributed by atoms with van der Waals surface area (Å²) in [4.78, 5) is 6.49. The quantitative estimate of drug-likeness (QED) is 0.330. The third-order valence-electron chi connectivity index (χ3n) is 6.69. The Hall–Kier alpha value is -3.40. The molecule has 202 valence electrons. The average Bonchev–Trinajstić information content (AvgIpc) is 3.40. The first-order valence-electron chi connectivity index (χ1n) is 12.7. The van der Waals surface area contributed by atoms with Crippen molar-refractivity contribution in [1.82, 2.24) is 9.91 Å². The third kappa shape index (κ3) is 6.43. The number of piperidine rings is 1. The van der Waals surface area contributed by atoms with Crippen LogP contribution in [0.15, 0.2) is 98.2 Å². The maximum atomic E-state index is 13.4. The van der Waals surface area contributed by atoms with E-state index in [1.54, 1.807) is 12.1 Å². The Morgan fingerprint density at radius 3 is 2.13 bits per heavy atom. The highest BCUT2D eigenvalue weighted by molar-refractivity contribution is 7.90. The van der Waals surface area contributed by atoms with Gasteiger partial charge in [-0.3, -0.25) is 0 Å². The average molecular weight is 584 g/mol. The SMILES string of the molecule is N/C(=N\C(=N\S(=O)(=O)c1ccc(Cl)cc1)N1CC(c2ccccc2)C(c2ccc(Cl)cc2)=N1)N1CCCCC1. The van der Waals surface area contributed by atoms with Crippen LogP contribution >= 0.6 is 23.2 Å². The predicted molar refractivity (Wildman–Crippen MR) is 157 cm³/mol. The molecule has 2 aliphatic rings. The summed E-state index contributed by atoms with van der Waals surface area (Å²) in [7, 11) is -4.14. The van der Waals surface area contributed by atoms with Crippen LogP contribution in [0, 0.1) is 0 Å². The Morgan fingerprint density at radius 1 is 0.872 bits per heavy atom. The Morgan fingerprint density at radius 2 is 1.49 bits per heavy atom. The molecule has 0 aromatic heterocycles. The number of rotatable bonds is 4. The van der Waals surface area contributed by atoms with Gasteiger partial charge in [0.15, 0.2) is 5.96 Å². The van der Waals surface area contributed by atoms with E-state index in [0.29, 0.717) is 16.6 Å². The van der Waals surface area contributed by atoms with Crippen LogP contribution in [0.5, 0.6) is 0 Å². The standard InChI is InChI=1S/C28H28Cl2N6O2S/c29-22-11-9-21(10-12-22)26-25(20-7-3-1-4-8-20)19-36(33-26)28(32-27(31)35-17-5-2-6-18-35)34-39(37,38)24-15-13-23(30)14-16-24/h1,3-4,7-16,25H,2,5-6,17-19H2,(H2,31,32,34). The van der Waals surface area contributed by atoms with Gasteiger partial charge in [-0.15, -0.1) is 4.40 Å². The van der Waals surface area contributed by atoms with Gasteiger partial charge in [0.25, 0.3) is 16.0 Å². The fraction of sp³-hybridized carbons (Fsp3) is 0.250. The number of likely N-dealkylation sites (tertiary alicyclic amines) is 1. The maximum Gasteiger partial charge on any atom is 0.285 e. The second-order valence-electron chi connectivity index (χ2n) is 9.38. The number of benzene rings is 3. The molecule has 1 saturated heterocycles. The molecule has 0 bridgehead atoms. The molecule has 0 amide bonds. The summed E-state index contributed by atoms with van der Waals surface area (Å²) in [5.74, 6) is -0.0497. The van der Waals surface area contributed by atoms with Crippen LogP contribution in [-0.4, -0.2) is 55.6 Å².